The number of nitrogens with zero attached hydrogens (tertiary/aromatic N) is 4. The summed E-state index contributed by atoms with van der Waals surface area (Å²) in [5, 5.41) is 21.5. The van der Waals surface area contributed by atoms with Crippen molar-refractivity contribution in [1.82, 2.24) is 9.55 Å². The topological polar surface area (TPSA) is 137 Å². The van der Waals surface area contributed by atoms with Crippen LogP contribution in [0.25, 0.3) is 16.9 Å². The first kappa shape index (κ1) is 22.3. The summed E-state index contributed by atoms with van der Waals surface area (Å²) in [5.41, 5.74) is 2.15. The number of nitro groups is 1. The normalized spacial score (nSPS) is 10.5. The van der Waals surface area contributed by atoms with Crippen LogP contribution in [-0.4, -0.2) is 45.5 Å². The summed E-state index contributed by atoms with van der Waals surface area (Å²) in [5.74, 6) is -0.567. The number of phenolic OH excluding ortho intramolecular Hbond substituents is 1. The molecule has 166 valence electrons. The van der Waals surface area contributed by atoms with Crippen LogP contribution in [0.5, 0.6) is 5.75 Å². The Morgan fingerprint density at radius 2 is 1.97 bits per heavy atom. The summed E-state index contributed by atoms with van der Waals surface area (Å²) in [6.45, 7) is 2.45. The third kappa shape index (κ3) is 4.83. The third-order valence-electron chi connectivity index (χ3n) is 4.54. The molecule has 11 heteroatoms. The number of rotatable bonds is 6. The average Bonchev–Trinajstić information content (AvgIpc) is 3.22. The molecule has 0 unspecified atom stereocenters. The second kappa shape index (κ2) is 9.16. The van der Waals surface area contributed by atoms with E-state index >= 15 is 0 Å². The van der Waals surface area contributed by atoms with Crippen molar-refractivity contribution in [2.75, 3.05) is 18.7 Å². The molecule has 0 aliphatic rings. The minimum absolute atomic E-state index is 0.0423. The second-order valence-electron chi connectivity index (χ2n) is 6.84. The Bertz CT molecular complexity index is 1190. The van der Waals surface area contributed by atoms with Crippen LogP contribution in [0, 0.1) is 17.0 Å². The summed E-state index contributed by atoms with van der Waals surface area (Å²) in [4.78, 5) is 39.3. The third-order valence-corrected chi connectivity index (χ3v) is 4.54. The number of phenols is 1. The van der Waals surface area contributed by atoms with E-state index < -0.39 is 23.8 Å². The Labute approximate surface area is 182 Å². The number of esters is 1. The van der Waals surface area contributed by atoms with Crippen molar-refractivity contribution in [3.8, 4) is 22.7 Å². The van der Waals surface area contributed by atoms with E-state index in [2.05, 4.69) is 9.72 Å². The highest BCUT2D eigenvalue weighted by Gasteiger charge is 2.21. The largest absolute Gasteiger partial charge is 0.507 e. The lowest BCUT2D eigenvalue weighted by atomic mass is 10.1. The number of amides is 1. The number of aromatic hydroxyl groups is 1. The van der Waals surface area contributed by atoms with Crippen LogP contribution < -0.4 is 4.90 Å². The molecule has 1 N–H and O–H groups in total. The fourth-order valence-electron chi connectivity index (χ4n) is 2.93. The number of imidazole rings is 1. The number of hydrogen-bond acceptors (Lipinski definition) is 8. The predicted octanol–water partition coefficient (Wildman–Crippen LogP) is 3.55. The number of aromatic nitrogens is 2. The van der Waals surface area contributed by atoms with Gasteiger partial charge in [0.15, 0.2) is 0 Å². The molecule has 0 saturated heterocycles. The Hall–Kier alpha value is -4.41. The van der Waals surface area contributed by atoms with E-state index in [0.29, 0.717) is 11.3 Å². The molecule has 1 heterocycles. The van der Waals surface area contributed by atoms with Gasteiger partial charge in [-0.05, 0) is 30.7 Å². The number of carbonyl (C=O) groups is 2. The highest BCUT2D eigenvalue weighted by Crippen LogP contribution is 2.32. The van der Waals surface area contributed by atoms with Gasteiger partial charge in [-0.1, -0.05) is 6.07 Å². The zero-order valence-electron chi connectivity index (χ0n) is 17.5. The first-order valence-corrected chi connectivity index (χ1v) is 9.34. The van der Waals surface area contributed by atoms with Gasteiger partial charge in [-0.3, -0.25) is 19.8 Å². The minimum atomic E-state index is -0.835. The molecule has 1 amide bonds. The number of aryl methyl sites for hydroxylation is 1. The smallest absolute Gasteiger partial charge is 0.416 e. The molecule has 11 nitrogen and oxygen atoms in total. The first-order chi connectivity index (χ1) is 15.2. The van der Waals surface area contributed by atoms with E-state index in [0.717, 1.165) is 10.5 Å². The molecule has 0 spiro atoms. The van der Waals surface area contributed by atoms with Crippen LogP contribution >= 0.6 is 0 Å². The van der Waals surface area contributed by atoms with Crippen molar-refractivity contribution in [1.29, 1.82) is 0 Å². The van der Waals surface area contributed by atoms with Gasteiger partial charge in [0.05, 0.1) is 28.3 Å². The minimum Gasteiger partial charge on any atom is -0.507 e. The molecule has 3 rings (SSSR count). The number of hydrogen-bond donors (Lipinski definition) is 1. The van der Waals surface area contributed by atoms with Crippen molar-refractivity contribution in [2.45, 2.75) is 13.8 Å². The number of anilines is 1. The summed E-state index contributed by atoms with van der Waals surface area (Å²) < 4.78 is 11.0. The van der Waals surface area contributed by atoms with Crippen molar-refractivity contribution >= 4 is 23.4 Å². The van der Waals surface area contributed by atoms with Crippen molar-refractivity contribution in [3.63, 3.8) is 0 Å². The Balaban J connectivity index is 1.99. The molecule has 1 aromatic heterocycles. The van der Waals surface area contributed by atoms with Gasteiger partial charge in [-0.2, -0.15) is 0 Å². The van der Waals surface area contributed by atoms with Crippen LogP contribution in [0.3, 0.4) is 0 Å². The monoisotopic (exact) mass is 440 g/mol. The van der Waals surface area contributed by atoms with E-state index in [4.69, 9.17) is 4.74 Å². The number of carbonyl (C=O) groups excluding carboxylic acids is 2. The van der Waals surface area contributed by atoms with E-state index in [-0.39, 0.29) is 22.8 Å². The van der Waals surface area contributed by atoms with Crippen LogP contribution in [0.4, 0.5) is 16.2 Å². The van der Waals surface area contributed by atoms with Crippen molar-refractivity contribution in [2.24, 2.45) is 0 Å². The molecule has 0 atom stereocenters. The zero-order chi connectivity index (χ0) is 23.4. The number of benzene rings is 2. The highest BCUT2D eigenvalue weighted by atomic mass is 16.7. The molecule has 0 aliphatic carbocycles. The zero-order valence-corrected chi connectivity index (χ0v) is 17.5. The first-order valence-electron chi connectivity index (χ1n) is 9.34. The number of nitro benzene ring substituents is 1. The maximum Gasteiger partial charge on any atom is 0.416 e. The lowest BCUT2D eigenvalue weighted by molar-refractivity contribution is -0.384. The maximum atomic E-state index is 12.4. The molecule has 0 fully saturated rings. The van der Waals surface area contributed by atoms with Gasteiger partial charge in [-0.25, -0.2) is 9.78 Å². The SMILES string of the molecule is CC(=O)OCOC(=O)N(C)c1ccc([N+](=O)[O-])cc1-n1cnc(-c2ccc(C)cc2O)c1. The molecule has 0 bridgehead atoms. The van der Waals surface area contributed by atoms with Crippen molar-refractivity contribution < 1.29 is 29.1 Å². The van der Waals surface area contributed by atoms with Gasteiger partial charge in [0.1, 0.15) is 5.75 Å². The number of non-ortho nitro benzene ring substituents is 1. The number of ether oxygens (including phenoxy) is 2. The van der Waals surface area contributed by atoms with E-state index in [1.807, 2.05) is 13.0 Å². The van der Waals surface area contributed by atoms with Gasteiger partial charge < -0.3 is 19.1 Å². The van der Waals surface area contributed by atoms with Crippen LogP contribution in [0.15, 0.2) is 48.9 Å². The standard InChI is InChI=1S/C21H20N4O7/c1-13-4-6-16(20(27)8-13)17-10-24(11-22-17)19-9-15(25(29)30)5-7-18(19)23(3)21(28)32-12-31-14(2)26/h4-11,27H,12H2,1-3H3. The second-order valence-corrected chi connectivity index (χ2v) is 6.84. The lowest BCUT2D eigenvalue weighted by Gasteiger charge is -2.20. The Morgan fingerprint density at radius 1 is 1.22 bits per heavy atom. The molecule has 0 aliphatic heterocycles. The van der Waals surface area contributed by atoms with Crippen molar-refractivity contribution in [3.05, 3.63) is 64.6 Å². The summed E-state index contributed by atoms with van der Waals surface area (Å²) in [6.07, 6.45) is 2.15. The van der Waals surface area contributed by atoms with Gasteiger partial charge in [-0.15, -0.1) is 0 Å². The summed E-state index contributed by atoms with van der Waals surface area (Å²) in [6, 6.07) is 9.05. The molecular formula is C21H20N4O7. The van der Waals surface area contributed by atoms with E-state index in [9.17, 15) is 24.8 Å². The van der Waals surface area contributed by atoms with Gasteiger partial charge in [0.2, 0.25) is 6.79 Å². The van der Waals surface area contributed by atoms with E-state index in [1.54, 1.807) is 18.3 Å². The summed E-state index contributed by atoms with van der Waals surface area (Å²) >= 11 is 0. The van der Waals surface area contributed by atoms with Gasteiger partial charge in [0.25, 0.3) is 5.69 Å². The van der Waals surface area contributed by atoms with E-state index in [1.165, 1.54) is 43.1 Å². The molecule has 3 aromatic rings. The van der Waals surface area contributed by atoms with Crippen LogP contribution in [0.1, 0.15) is 12.5 Å². The van der Waals surface area contributed by atoms with Gasteiger partial charge in [0, 0.05) is 37.9 Å². The van der Waals surface area contributed by atoms with Crippen LogP contribution in [0.2, 0.25) is 0 Å². The van der Waals surface area contributed by atoms with Crippen LogP contribution in [-0.2, 0) is 14.3 Å². The predicted molar refractivity (Wildman–Crippen MR) is 114 cm³/mol. The molecule has 2 aromatic carbocycles. The quantitative estimate of drug-likeness (QED) is 0.266. The fourth-order valence-corrected chi connectivity index (χ4v) is 2.93. The van der Waals surface area contributed by atoms with Gasteiger partial charge >= 0.3 is 12.1 Å². The summed E-state index contributed by atoms with van der Waals surface area (Å²) in [7, 11) is 1.41. The Morgan fingerprint density at radius 3 is 2.62 bits per heavy atom. The fraction of sp³-hybridized carbons (Fsp3) is 0.190. The molecule has 0 radical (unpaired) electrons. The molecule has 32 heavy (non-hydrogen) atoms. The maximum absolute atomic E-state index is 12.4. The lowest BCUT2D eigenvalue weighted by Crippen LogP contribution is -2.29. The highest BCUT2D eigenvalue weighted by molar-refractivity contribution is 5.90. The average molecular weight is 440 g/mol. The Kier molecular flexibility index (Phi) is 6.38. The molecular weight excluding hydrogens is 420 g/mol. The molecule has 0 saturated carbocycles.